The molecule has 2 heteroatoms. The van der Waals surface area contributed by atoms with Crippen LogP contribution in [0, 0.1) is 17.8 Å². The van der Waals surface area contributed by atoms with Crippen molar-refractivity contribution in [2.75, 3.05) is 13.6 Å². The van der Waals surface area contributed by atoms with Gasteiger partial charge in [0.2, 0.25) is 5.91 Å². The summed E-state index contributed by atoms with van der Waals surface area (Å²) in [5.74, 6) is 1.58. The third-order valence-corrected chi connectivity index (χ3v) is 2.57. The van der Waals surface area contributed by atoms with Gasteiger partial charge in [-0.25, -0.2) is 0 Å². The van der Waals surface area contributed by atoms with E-state index in [1.165, 1.54) is 0 Å². The highest BCUT2D eigenvalue weighted by Gasteiger charge is 2.16. The van der Waals surface area contributed by atoms with Gasteiger partial charge in [0.05, 0.1) is 0 Å². The summed E-state index contributed by atoms with van der Waals surface area (Å²) >= 11 is 0. The molecular weight excluding hydrogens is 162 g/mol. The van der Waals surface area contributed by atoms with Crippen LogP contribution in [-0.2, 0) is 4.79 Å². The van der Waals surface area contributed by atoms with Gasteiger partial charge < -0.3 is 4.90 Å². The van der Waals surface area contributed by atoms with Crippen molar-refractivity contribution in [3.05, 3.63) is 0 Å². The topological polar surface area (TPSA) is 20.3 Å². The van der Waals surface area contributed by atoms with Crippen LogP contribution in [0.5, 0.6) is 0 Å². The molecule has 0 aromatic rings. The van der Waals surface area contributed by atoms with Crippen molar-refractivity contribution in [1.82, 2.24) is 4.90 Å². The molecule has 78 valence electrons. The fourth-order valence-corrected chi connectivity index (χ4v) is 1.17. The average molecular weight is 185 g/mol. The molecule has 0 aliphatic rings. The third kappa shape index (κ3) is 4.30. The Morgan fingerprint density at radius 2 is 1.62 bits per heavy atom. The lowest BCUT2D eigenvalue weighted by Gasteiger charge is -2.25. The largest absolute Gasteiger partial charge is 0.345 e. The molecule has 1 unspecified atom stereocenters. The first-order valence-electron chi connectivity index (χ1n) is 5.11. The van der Waals surface area contributed by atoms with Crippen molar-refractivity contribution < 1.29 is 4.79 Å². The van der Waals surface area contributed by atoms with Gasteiger partial charge in [0.1, 0.15) is 0 Å². The quantitative estimate of drug-likeness (QED) is 0.658. The summed E-state index contributed by atoms with van der Waals surface area (Å²) in [6.07, 6.45) is 0. The maximum absolute atomic E-state index is 11.5. The second-order valence-corrected chi connectivity index (χ2v) is 4.59. The van der Waals surface area contributed by atoms with Gasteiger partial charge in [-0.3, -0.25) is 4.79 Å². The summed E-state index contributed by atoms with van der Waals surface area (Å²) in [6, 6.07) is 0. The molecule has 0 fully saturated rings. The van der Waals surface area contributed by atoms with Crippen LogP contribution in [0.25, 0.3) is 0 Å². The van der Waals surface area contributed by atoms with Crippen LogP contribution >= 0.6 is 0 Å². The Morgan fingerprint density at radius 1 is 1.15 bits per heavy atom. The van der Waals surface area contributed by atoms with Crippen LogP contribution in [0.15, 0.2) is 0 Å². The number of nitrogens with zero attached hydrogens (tertiary/aromatic N) is 1. The Hall–Kier alpha value is -0.530. The van der Waals surface area contributed by atoms with E-state index in [9.17, 15) is 4.79 Å². The zero-order valence-corrected chi connectivity index (χ0v) is 9.79. The minimum atomic E-state index is 0.115. The molecule has 0 N–H and O–H groups in total. The number of hydrogen-bond acceptors (Lipinski definition) is 1. The first-order chi connectivity index (χ1) is 5.86. The fraction of sp³-hybridized carbons (Fsp3) is 0.909. The van der Waals surface area contributed by atoms with E-state index < -0.39 is 0 Å². The van der Waals surface area contributed by atoms with Crippen LogP contribution < -0.4 is 0 Å². The predicted octanol–water partition coefficient (Wildman–Crippen LogP) is 2.39. The summed E-state index contributed by atoms with van der Waals surface area (Å²) in [5.41, 5.74) is 0. The zero-order chi connectivity index (χ0) is 10.6. The molecule has 0 heterocycles. The van der Waals surface area contributed by atoms with E-state index in [0.717, 1.165) is 6.54 Å². The number of amides is 1. The highest BCUT2D eigenvalue weighted by molar-refractivity contribution is 5.77. The van der Waals surface area contributed by atoms with Crippen molar-refractivity contribution in [2.24, 2.45) is 17.8 Å². The van der Waals surface area contributed by atoms with Gasteiger partial charge in [0.15, 0.2) is 0 Å². The Morgan fingerprint density at radius 3 is 1.92 bits per heavy atom. The van der Waals surface area contributed by atoms with Crippen LogP contribution in [0.3, 0.4) is 0 Å². The molecule has 0 saturated carbocycles. The maximum atomic E-state index is 11.5. The molecule has 2 nitrogen and oxygen atoms in total. The molecule has 0 aliphatic carbocycles. The lowest BCUT2D eigenvalue weighted by atomic mass is 9.97. The van der Waals surface area contributed by atoms with Gasteiger partial charge in [-0.1, -0.05) is 34.6 Å². The van der Waals surface area contributed by atoms with Gasteiger partial charge >= 0.3 is 0 Å². The minimum absolute atomic E-state index is 0.115. The average Bonchev–Trinajstić information content (AvgIpc) is 2.02. The molecule has 0 saturated heterocycles. The van der Waals surface area contributed by atoms with E-state index in [-0.39, 0.29) is 11.8 Å². The molecule has 0 rings (SSSR count). The molecule has 0 aromatic carbocycles. The smallest absolute Gasteiger partial charge is 0.224 e. The van der Waals surface area contributed by atoms with E-state index >= 15 is 0 Å². The normalized spacial score (nSPS) is 13.5. The van der Waals surface area contributed by atoms with Crippen LogP contribution in [0.1, 0.15) is 34.6 Å². The lowest BCUT2D eigenvalue weighted by molar-refractivity contribution is -0.133. The van der Waals surface area contributed by atoms with Crippen LogP contribution in [0.4, 0.5) is 0 Å². The van der Waals surface area contributed by atoms with Crippen molar-refractivity contribution in [3.63, 3.8) is 0 Å². The van der Waals surface area contributed by atoms with Gasteiger partial charge in [-0.2, -0.15) is 0 Å². The van der Waals surface area contributed by atoms with Gasteiger partial charge in [0.25, 0.3) is 0 Å². The first-order valence-corrected chi connectivity index (χ1v) is 5.11. The Kier molecular flexibility index (Phi) is 5.04. The monoisotopic (exact) mass is 185 g/mol. The molecular formula is C11H23NO. The Balaban J connectivity index is 4.00. The second-order valence-electron chi connectivity index (χ2n) is 4.59. The van der Waals surface area contributed by atoms with E-state index in [2.05, 4.69) is 20.8 Å². The second kappa shape index (κ2) is 5.25. The molecule has 13 heavy (non-hydrogen) atoms. The van der Waals surface area contributed by atoms with E-state index in [1.54, 1.807) is 0 Å². The maximum Gasteiger partial charge on any atom is 0.224 e. The van der Waals surface area contributed by atoms with Crippen molar-refractivity contribution in [2.45, 2.75) is 34.6 Å². The molecule has 1 amide bonds. The van der Waals surface area contributed by atoms with Gasteiger partial charge in [-0.05, 0) is 11.8 Å². The summed E-state index contributed by atoms with van der Waals surface area (Å²) in [7, 11) is 1.89. The Labute approximate surface area is 82.3 Å². The standard InChI is InChI=1S/C11H23NO/c1-8(2)10(5)7-12(6)11(13)9(3)4/h8-10H,7H2,1-6H3. The number of carbonyl (C=O) groups excluding carboxylic acids is 1. The molecule has 1 atom stereocenters. The Bertz CT molecular complexity index is 163. The highest BCUT2D eigenvalue weighted by atomic mass is 16.2. The van der Waals surface area contributed by atoms with E-state index in [4.69, 9.17) is 0 Å². The van der Waals surface area contributed by atoms with E-state index in [0.29, 0.717) is 11.8 Å². The molecule has 0 spiro atoms. The molecule has 0 radical (unpaired) electrons. The lowest BCUT2D eigenvalue weighted by Crippen LogP contribution is -2.35. The highest BCUT2D eigenvalue weighted by Crippen LogP contribution is 2.11. The van der Waals surface area contributed by atoms with Crippen molar-refractivity contribution >= 4 is 5.91 Å². The predicted molar refractivity (Wildman–Crippen MR) is 56.5 cm³/mol. The number of carbonyl (C=O) groups is 1. The van der Waals surface area contributed by atoms with E-state index in [1.807, 2.05) is 25.8 Å². The van der Waals surface area contributed by atoms with Gasteiger partial charge in [0, 0.05) is 19.5 Å². The zero-order valence-electron chi connectivity index (χ0n) is 9.79. The molecule has 0 aliphatic heterocycles. The van der Waals surface area contributed by atoms with Gasteiger partial charge in [-0.15, -0.1) is 0 Å². The minimum Gasteiger partial charge on any atom is -0.345 e. The summed E-state index contributed by atoms with van der Waals surface area (Å²) in [4.78, 5) is 13.4. The number of rotatable bonds is 4. The molecule has 0 aromatic heterocycles. The van der Waals surface area contributed by atoms with Crippen LogP contribution in [-0.4, -0.2) is 24.4 Å². The summed E-state index contributed by atoms with van der Waals surface area (Å²) in [5, 5.41) is 0. The first kappa shape index (κ1) is 12.5. The van der Waals surface area contributed by atoms with Crippen molar-refractivity contribution in [1.29, 1.82) is 0 Å². The third-order valence-electron chi connectivity index (χ3n) is 2.57. The molecule has 0 bridgehead atoms. The summed E-state index contributed by atoms with van der Waals surface area (Å²) in [6.45, 7) is 11.3. The fourth-order valence-electron chi connectivity index (χ4n) is 1.17. The SMILES string of the molecule is CC(C)C(=O)N(C)CC(C)C(C)C. The van der Waals surface area contributed by atoms with Crippen molar-refractivity contribution in [3.8, 4) is 0 Å². The van der Waals surface area contributed by atoms with Crippen LogP contribution in [0.2, 0.25) is 0 Å². The summed E-state index contributed by atoms with van der Waals surface area (Å²) < 4.78 is 0. The number of hydrogen-bond donors (Lipinski definition) is 0.